The predicted molar refractivity (Wildman–Crippen MR) is 63.7 cm³/mol. The summed E-state index contributed by atoms with van der Waals surface area (Å²) in [6, 6.07) is -1.33. The summed E-state index contributed by atoms with van der Waals surface area (Å²) in [6.45, 7) is 6.61. The van der Waals surface area contributed by atoms with Gasteiger partial charge in [0.05, 0.1) is 6.61 Å². The SMILES string of the molecule is [2H][C@@H]1[C@@H](C(=O)OCC)N(C(=O)OC(C)(C)C)C(O)[C@@H]1[2H]. The number of hydrogen-bond acceptors (Lipinski definition) is 5. The molecule has 0 radical (unpaired) electrons. The molecular formula is C12H21NO5. The average Bonchev–Trinajstić information content (AvgIpc) is 2.51. The highest BCUT2D eigenvalue weighted by atomic mass is 16.6. The van der Waals surface area contributed by atoms with Crippen molar-refractivity contribution < 1.29 is 26.9 Å². The number of carbonyl (C=O) groups is 2. The first-order chi connectivity index (χ1) is 9.10. The maximum atomic E-state index is 12.1. The molecule has 1 fully saturated rings. The third-order valence-corrected chi connectivity index (χ3v) is 2.18. The molecule has 104 valence electrons. The Morgan fingerprint density at radius 1 is 1.44 bits per heavy atom. The first-order valence-corrected chi connectivity index (χ1v) is 5.80. The zero-order valence-corrected chi connectivity index (χ0v) is 11.0. The second kappa shape index (κ2) is 5.56. The molecule has 0 aliphatic carbocycles. The summed E-state index contributed by atoms with van der Waals surface area (Å²) in [5.41, 5.74) is -0.812. The van der Waals surface area contributed by atoms with Gasteiger partial charge in [-0.15, -0.1) is 0 Å². The van der Waals surface area contributed by atoms with Crippen LogP contribution in [0.15, 0.2) is 0 Å². The van der Waals surface area contributed by atoms with E-state index in [0.29, 0.717) is 0 Å². The fourth-order valence-electron chi connectivity index (χ4n) is 1.51. The van der Waals surface area contributed by atoms with Gasteiger partial charge in [-0.25, -0.2) is 9.59 Å². The number of likely N-dealkylation sites (tertiary alicyclic amines) is 1. The lowest BCUT2D eigenvalue weighted by Gasteiger charge is -2.29. The number of carbonyl (C=O) groups excluding carboxylic acids is 2. The highest BCUT2D eigenvalue weighted by Gasteiger charge is 2.42. The van der Waals surface area contributed by atoms with Crippen LogP contribution >= 0.6 is 0 Å². The Kier molecular flexibility index (Phi) is 3.64. The minimum absolute atomic E-state index is 0.0863. The van der Waals surface area contributed by atoms with Crippen molar-refractivity contribution in [1.29, 1.82) is 0 Å². The van der Waals surface area contributed by atoms with Gasteiger partial charge in [0, 0.05) is 2.74 Å². The van der Waals surface area contributed by atoms with E-state index in [-0.39, 0.29) is 6.61 Å². The molecule has 0 aromatic rings. The van der Waals surface area contributed by atoms with Crippen molar-refractivity contribution in [3.8, 4) is 0 Å². The molecule has 18 heavy (non-hydrogen) atoms. The molecule has 0 aromatic heterocycles. The molecule has 1 unspecified atom stereocenters. The second-order valence-electron chi connectivity index (χ2n) is 4.88. The number of amides is 1. The molecule has 1 saturated heterocycles. The molecule has 6 heteroatoms. The summed E-state index contributed by atoms with van der Waals surface area (Å²) in [5, 5.41) is 9.89. The summed E-state index contributed by atoms with van der Waals surface area (Å²) in [6.07, 6.45) is -5.09. The van der Waals surface area contributed by atoms with Gasteiger partial charge in [0.15, 0.2) is 0 Å². The van der Waals surface area contributed by atoms with Crippen LogP contribution in [0.5, 0.6) is 0 Å². The van der Waals surface area contributed by atoms with Crippen LogP contribution in [0.1, 0.15) is 43.2 Å². The molecule has 1 aliphatic heterocycles. The summed E-state index contributed by atoms with van der Waals surface area (Å²) >= 11 is 0. The minimum atomic E-state index is -1.57. The van der Waals surface area contributed by atoms with E-state index in [0.717, 1.165) is 4.90 Å². The molecule has 0 spiro atoms. The van der Waals surface area contributed by atoms with E-state index >= 15 is 0 Å². The quantitative estimate of drug-likeness (QED) is 0.757. The largest absolute Gasteiger partial charge is 0.464 e. The Hall–Kier alpha value is -1.30. The van der Waals surface area contributed by atoms with Crippen LogP contribution in [0.4, 0.5) is 4.79 Å². The van der Waals surface area contributed by atoms with Crippen LogP contribution in [0, 0.1) is 0 Å². The van der Waals surface area contributed by atoms with E-state index in [1.807, 2.05) is 0 Å². The van der Waals surface area contributed by atoms with Gasteiger partial charge in [0.1, 0.15) is 17.9 Å². The van der Waals surface area contributed by atoms with Crippen molar-refractivity contribution in [1.82, 2.24) is 4.90 Å². The lowest BCUT2D eigenvalue weighted by Crippen LogP contribution is -2.47. The monoisotopic (exact) mass is 261 g/mol. The molecular weight excluding hydrogens is 238 g/mol. The summed E-state index contributed by atoms with van der Waals surface area (Å²) < 4.78 is 25.4. The molecule has 1 heterocycles. The Morgan fingerprint density at radius 3 is 2.56 bits per heavy atom. The number of aliphatic hydroxyl groups excluding tert-OH is 1. The third-order valence-electron chi connectivity index (χ3n) is 2.18. The lowest BCUT2D eigenvalue weighted by atomic mass is 10.2. The van der Waals surface area contributed by atoms with Crippen molar-refractivity contribution in [2.75, 3.05) is 6.61 Å². The number of ether oxygens (including phenoxy) is 2. The van der Waals surface area contributed by atoms with Crippen LogP contribution < -0.4 is 0 Å². The number of esters is 1. The Labute approximate surface area is 110 Å². The maximum absolute atomic E-state index is 12.1. The molecule has 1 rings (SSSR count). The second-order valence-corrected chi connectivity index (χ2v) is 4.88. The highest BCUT2D eigenvalue weighted by Crippen LogP contribution is 2.25. The first kappa shape index (κ1) is 11.8. The highest BCUT2D eigenvalue weighted by molar-refractivity contribution is 5.82. The molecule has 6 nitrogen and oxygen atoms in total. The zero-order valence-electron chi connectivity index (χ0n) is 13.0. The van der Waals surface area contributed by atoms with Gasteiger partial charge in [-0.05, 0) is 40.5 Å². The van der Waals surface area contributed by atoms with Crippen LogP contribution in [-0.4, -0.2) is 46.5 Å². The zero-order chi connectivity index (χ0) is 15.7. The first-order valence-electron chi connectivity index (χ1n) is 6.96. The van der Waals surface area contributed by atoms with Gasteiger partial charge in [-0.2, -0.15) is 0 Å². The number of nitrogens with zero attached hydrogens (tertiary/aromatic N) is 1. The maximum Gasteiger partial charge on any atom is 0.413 e. The van der Waals surface area contributed by atoms with E-state index < -0.39 is 42.7 Å². The van der Waals surface area contributed by atoms with Gasteiger partial charge < -0.3 is 14.6 Å². The number of aliphatic hydroxyl groups is 1. The van der Waals surface area contributed by atoms with Gasteiger partial charge in [0.2, 0.25) is 0 Å². The molecule has 0 aromatic carbocycles. The molecule has 1 N–H and O–H groups in total. The van der Waals surface area contributed by atoms with Crippen molar-refractivity contribution in [3.05, 3.63) is 0 Å². The van der Waals surface area contributed by atoms with Gasteiger partial charge >= 0.3 is 12.1 Å². The van der Waals surface area contributed by atoms with Crippen molar-refractivity contribution in [3.63, 3.8) is 0 Å². The average molecular weight is 261 g/mol. The lowest BCUT2D eigenvalue weighted by molar-refractivity contribution is -0.150. The number of hydrogen-bond donors (Lipinski definition) is 1. The van der Waals surface area contributed by atoms with E-state index in [1.165, 1.54) is 0 Å². The fourth-order valence-corrected chi connectivity index (χ4v) is 1.51. The van der Waals surface area contributed by atoms with Crippen molar-refractivity contribution >= 4 is 12.1 Å². The van der Waals surface area contributed by atoms with Gasteiger partial charge in [-0.3, -0.25) is 4.90 Å². The summed E-state index contributed by atoms with van der Waals surface area (Å²) in [4.78, 5) is 24.6. The topological polar surface area (TPSA) is 76.1 Å². The van der Waals surface area contributed by atoms with E-state index in [9.17, 15) is 14.7 Å². The predicted octanol–water partition coefficient (Wildman–Crippen LogP) is 1.27. The van der Waals surface area contributed by atoms with Crippen LogP contribution in [0.2, 0.25) is 0 Å². The number of rotatable bonds is 2. The van der Waals surface area contributed by atoms with E-state index in [2.05, 4.69) is 0 Å². The van der Waals surface area contributed by atoms with Crippen molar-refractivity contribution in [2.45, 2.75) is 58.4 Å². The van der Waals surface area contributed by atoms with Crippen LogP contribution in [-0.2, 0) is 14.3 Å². The normalized spacial score (nSPS) is 33.7. The molecule has 1 aliphatic rings. The minimum Gasteiger partial charge on any atom is -0.464 e. The molecule has 0 saturated carbocycles. The standard InChI is InChI=1S/C12H21NO5/c1-5-17-10(15)8-6-7-9(14)13(8)11(16)18-12(2,3)4/h8-9,14H,5-7H2,1-4H3/t8-,9?/m0/s1/i6D,7D/t6-,7+,8-,9?. The van der Waals surface area contributed by atoms with Crippen molar-refractivity contribution in [2.24, 2.45) is 0 Å². The van der Waals surface area contributed by atoms with E-state index in [4.69, 9.17) is 12.2 Å². The Bertz CT molecular complexity index is 385. The van der Waals surface area contributed by atoms with E-state index in [1.54, 1.807) is 27.7 Å². The van der Waals surface area contributed by atoms with Gasteiger partial charge in [0.25, 0.3) is 0 Å². The summed E-state index contributed by atoms with van der Waals surface area (Å²) in [7, 11) is 0. The Balaban J connectivity index is 2.99. The van der Waals surface area contributed by atoms with Crippen LogP contribution in [0.3, 0.4) is 0 Å². The third kappa shape index (κ3) is 3.60. The van der Waals surface area contributed by atoms with Crippen LogP contribution in [0.25, 0.3) is 0 Å². The smallest absolute Gasteiger partial charge is 0.413 e. The fraction of sp³-hybridized carbons (Fsp3) is 0.833. The molecule has 1 amide bonds. The van der Waals surface area contributed by atoms with Gasteiger partial charge in [-0.1, -0.05) is 0 Å². The Morgan fingerprint density at radius 2 is 2.06 bits per heavy atom. The molecule has 0 bridgehead atoms. The summed E-state index contributed by atoms with van der Waals surface area (Å²) in [5.74, 6) is -0.813. The molecule has 4 atom stereocenters.